The normalized spacial score (nSPS) is 12.2. The largest absolute Gasteiger partial charge is 0.382 e. The van der Waals surface area contributed by atoms with Crippen molar-refractivity contribution in [1.82, 2.24) is 0 Å². The first-order valence-electron chi connectivity index (χ1n) is 6.82. The first-order chi connectivity index (χ1) is 8.95. The Morgan fingerprint density at radius 1 is 1.42 bits per heavy atom. The lowest BCUT2D eigenvalue weighted by molar-refractivity contribution is 0.1000. The van der Waals surface area contributed by atoms with Gasteiger partial charge in [0.1, 0.15) is 5.82 Å². The number of anilines is 1. The molecule has 0 aromatic heterocycles. The molecule has 0 spiro atoms. The Balaban J connectivity index is 2.79. The van der Waals surface area contributed by atoms with E-state index in [9.17, 15) is 9.18 Å². The van der Waals surface area contributed by atoms with Crippen LogP contribution in [0.25, 0.3) is 0 Å². The number of nitrogens with two attached hydrogens (primary N) is 1. The molecular weight excluding hydrogens is 243 g/mol. The van der Waals surface area contributed by atoms with Gasteiger partial charge >= 0.3 is 0 Å². The molecule has 0 aliphatic rings. The summed E-state index contributed by atoms with van der Waals surface area (Å²) >= 11 is 0. The molecule has 1 unspecified atom stereocenters. The number of amides is 1. The van der Waals surface area contributed by atoms with E-state index >= 15 is 0 Å². The molecule has 0 radical (unpaired) electrons. The Morgan fingerprint density at radius 3 is 2.68 bits per heavy atom. The molecule has 0 aliphatic heterocycles. The standard InChI is InChI=1S/C15H23FN2O/c1-4-5-6-7-10(2)18-14-9-12(15(17)19)8-13(16)11(14)3/h8-10,18H,4-7H2,1-3H3,(H2,17,19). The van der Waals surface area contributed by atoms with E-state index in [0.29, 0.717) is 11.3 Å². The molecule has 1 aromatic rings. The minimum absolute atomic E-state index is 0.200. The molecule has 1 amide bonds. The molecule has 0 saturated carbocycles. The SMILES string of the molecule is CCCCCC(C)Nc1cc(C(N)=O)cc(F)c1C. The summed E-state index contributed by atoms with van der Waals surface area (Å²) in [4.78, 5) is 11.1. The molecule has 3 N–H and O–H groups in total. The molecule has 4 heteroatoms. The molecule has 19 heavy (non-hydrogen) atoms. The van der Waals surface area contributed by atoms with E-state index in [2.05, 4.69) is 19.2 Å². The Kier molecular flexibility index (Phi) is 5.80. The van der Waals surface area contributed by atoms with E-state index in [0.717, 1.165) is 12.8 Å². The third kappa shape index (κ3) is 4.54. The lowest BCUT2D eigenvalue weighted by atomic mass is 10.1. The fourth-order valence-electron chi connectivity index (χ4n) is 2.01. The van der Waals surface area contributed by atoms with Gasteiger partial charge in [-0.15, -0.1) is 0 Å². The van der Waals surface area contributed by atoms with Gasteiger partial charge in [-0.3, -0.25) is 4.79 Å². The highest BCUT2D eigenvalue weighted by Gasteiger charge is 2.12. The fourth-order valence-corrected chi connectivity index (χ4v) is 2.01. The Bertz CT molecular complexity index is 446. The zero-order chi connectivity index (χ0) is 14.4. The average Bonchev–Trinajstić information content (AvgIpc) is 2.34. The summed E-state index contributed by atoms with van der Waals surface area (Å²) in [6, 6.07) is 3.05. The van der Waals surface area contributed by atoms with E-state index in [-0.39, 0.29) is 11.6 Å². The smallest absolute Gasteiger partial charge is 0.248 e. The van der Waals surface area contributed by atoms with Crippen molar-refractivity contribution in [3.05, 3.63) is 29.1 Å². The molecule has 0 aliphatic carbocycles. The van der Waals surface area contributed by atoms with Gasteiger partial charge in [-0.05, 0) is 32.4 Å². The first kappa shape index (κ1) is 15.5. The summed E-state index contributed by atoms with van der Waals surface area (Å²) < 4.78 is 13.7. The molecular formula is C15H23FN2O. The van der Waals surface area contributed by atoms with Gasteiger partial charge in [0, 0.05) is 22.9 Å². The average molecular weight is 266 g/mol. The Morgan fingerprint density at radius 2 is 2.11 bits per heavy atom. The fraction of sp³-hybridized carbons (Fsp3) is 0.533. The zero-order valence-corrected chi connectivity index (χ0v) is 11.9. The predicted octanol–water partition coefficient (Wildman–Crippen LogP) is 3.61. The van der Waals surface area contributed by atoms with E-state index in [1.54, 1.807) is 13.0 Å². The van der Waals surface area contributed by atoms with Crippen LogP contribution in [0.5, 0.6) is 0 Å². The number of nitrogens with one attached hydrogen (secondary N) is 1. The highest BCUT2D eigenvalue weighted by Crippen LogP contribution is 2.22. The van der Waals surface area contributed by atoms with Crippen molar-refractivity contribution < 1.29 is 9.18 Å². The Labute approximate surface area is 114 Å². The Hall–Kier alpha value is -1.58. The molecule has 1 aromatic carbocycles. The summed E-state index contributed by atoms with van der Waals surface area (Å²) in [5.74, 6) is -1.01. The van der Waals surface area contributed by atoms with Gasteiger partial charge < -0.3 is 11.1 Å². The number of carbonyl (C=O) groups excluding carboxylic acids is 1. The number of carbonyl (C=O) groups is 1. The third-order valence-corrected chi connectivity index (χ3v) is 3.27. The lowest BCUT2D eigenvalue weighted by Gasteiger charge is -2.18. The number of hydrogen-bond donors (Lipinski definition) is 2. The van der Waals surface area contributed by atoms with Crippen LogP contribution in [0, 0.1) is 12.7 Å². The molecule has 0 heterocycles. The second-order valence-corrected chi connectivity index (χ2v) is 5.04. The topological polar surface area (TPSA) is 55.1 Å². The van der Waals surface area contributed by atoms with Crippen molar-refractivity contribution in [1.29, 1.82) is 0 Å². The molecule has 0 fully saturated rings. The van der Waals surface area contributed by atoms with Crippen molar-refractivity contribution in [2.45, 2.75) is 52.5 Å². The second kappa shape index (κ2) is 7.12. The van der Waals surface area contributed by atoms with E-state index < -0.39 is 11.7 Å². The van der Waals surface area contributed by atoms with Gasteiger partial charge in [-0.25, -0.2) is 4.39 Å². The number of benzene rings is 1. The molecule has 1 rings (SSSR count). The summed E-state index contributed by atoms with van der Waals surface area (Å²) in [7, 11) is 0. The number of halogens is 1. The lowest BCUT2D eigenvalue weighted by Crippen LogP contribution is -2.18. The molecule has 0 bridgehead atoms. The first-order valence-corrected chi connectivity index (χ1v) is 6.82. The minimum Gasteiger partial charge on any atom is -0.382 e. The van der Waals surface area contributed by atoms with E-state index in [1.807, 2.05) is 0 Å². The number of unbranched alkanes of at least 4 members (excludes halogenated alkanes) is 2. The van der Waals surface area contributed by atoms with Crippen LogP contribution in [0.1, 0.15) is 55.5 Å². The van der Waals surface area contributed by atoms with Gasteiger partial charge in [-0.1, -0.05) is 26.2 Å². The minimum atomic E-state index is -0.611. The molecule has 106 valence electrons. The maximum atomic E-state index is 13.7. The summed E-state index contributed by atoms with van der Waals surface area (Å²) in [6.45, 7) is 5.92. The van der Waals surface area contributed by atoms with E-state index in [1.165, 1.54) is 18.9 Å². The van der Waals surface area contributed by atoms with E-state index in [4.69, 9.17) is 5.73 Å². The van der Waals surface area contributed by atoms with Crippen LogP contribution in [0.4, 0.5) is 10.1 Å². The van der Waals surface area contributed by atoms with Gasteiger partial charge in [0.25, 0.3) is 0 Å². The van der Waals surface area contributed by atoms with Crippen LogP contribution in [0.2, 0.25) is 0 Å². The van der Waals surface area contributed by atoms with Gasteiger partial charge in [0.15, 0.2) is 0 Å². The van der Waals surface area contributed by atoms with Crippen molar-refractivity contribution in [2.24, 2.45) is 5.73 Å². The number of primary amides is 1. The second-order valence-electron chi connectivity index (χ2n) is 5.04. The number of rotatable bonds is 7. The molecule has 1 atom stereocenters. The predicted molar refractivity (Wildman–Crippen MR) is 76.9 cm³/mol. The van der Waals surface area contributed by atoms with Gasteiger partial charge in [-0.2, -0.15) is 0 Å². The van der Waals surface area contributed by atoms with Crippen molar-refractivity contribution in [3.8, 4) is 0 Å². The highest BCUT2D eigenvalue weighted by atomic mass is 19.1. The van der Waals surface area contributed by atoms with Gasteiger partial charge in [0.05, 0.1) is 0 Å². The third-order valence-electron chi connectivity index (χ3n) is 3.27. The van der Waals surface area contributed by atoms with Crippen molar-refractivity contribution >= 4 is 11.6 Å². The summed E-state index contributed by atoms with van der Waals surface area (Å²) in [5.41, 5.74) is 6.57. The van der Waals surface area contributed by atoms with Crippen LogP contribution in [0.3, 0.4) is 0 Å². The van der Waals surface area contributed by atoms with Crippen LogP contribution in [-0.4, -0.2) is 11.9 Å². The summed E-state index contributed by atoms with van der Waals surface area (Å²) in [6.07, 6.45) is 4.54. The van der Waals surface area contributed by atoms with Crippen LogP contribution in [0.15, 0.2) is 12.1 Å². The van der Waals surface area contributed by atoms with Crippen LogP contribution in [-0.2, 0) is 0 Å². The van der Waals surface area contributed by atoms with Crippen molar-refractivity contribution in [2.75, 3.05) is 5.32 Å². The highest BCUT2D eigenvalue weighted by molar-refractivity contribution is 5.94. The summed E-state index contributed by atoms with van der Waals surface area (Å²) in [5, 5.41) is 3.26. The van der Waals surface area contributed by atoms with Crippen LogP contribution < -0.4 is 11.1 Å². The number of hydrogen-bond acceptors (Lipinski definition) is 2. The maximum Gasteiger partial charge on any atom is 0.248 e. The van der Waals surface area contributed by atoms with Crippen molar-refractivity contribution in [3.63, 3.8) is 0 Å². The molecule has 0 saturated heterocycles. The quantitative estimate of drug-likeness (QED) is 0.741. The maximum absolute atomic E-state index is 13.7. The molecule has 3 nitrogen and oxygen atoms in total. The van der Waals surface area contributed by atoms with Gasteiger partial charge in [0.2, 0.25) is 5.91 Å². The monoisotopic (exact) mass is 266 g/mol. The van der Waals surface area contributed by atoms with Crippen LogP contribution >= 0.6 is 0 Å². The zero-order valence-electron chi connectivity index (χ0n) is 11.9.